The molecule has 1 atom stereocenters. The largest absolute Gasteiger partial charge is 0.480 e. The summed E-state index contributed by atoms with van der Waals surface area (Å²) in [5.74, 6) is -0.637. The standard InChI is InChI=1S/C25H30N4O3/c26-24(27)18-9-6-17(7-10-18)8-13-23(30)29-15-3-4-19-16-20(11-12-21(19)29)28-14-2-1-5-22(28)25(31)32/h6-7,9-12,16,22H,1-5,8,13-15H2,(H3,26,27)(H,31,32). The molecule has 0 radical (unpaired) electrons. The number of carbonyl (C=O) groups excluding carboxylic acids is 1. The Morgan fingerprint density at radius 2 is 1.84 bits per heavy atom. The maximum Gasteiger partial charge on any atom is 0.326 e. The minimum absolute atomic E-state index is 0.0381. The van der Waals surface area contributed by atoms with Gasteiger partial charge in [0.15, 0.2) is 0 Å². The highest BCUT2D eigenvalue weighted by molar-refractivity contribution is 5.96. The number of nitrogen functional groups attached to an aromatic ring is 1. The van der Waals surface area contributed by atoms with E-state index in [9.17, 15) is 14.7 Å². The van der Waals surface area contributed by atoms with Gasteiger partial charge in [0.2, 0.25) is 5.91 Å². The van der Waals surface area contributed by atoms with Crippen molar-refractivity contribution in [2.75, 3.05) is 22.9 Å². The zero-order chi connectivity index (χ0) is 22.7. The van der Waals surface area contributed by atoms with E-state index in [0.717, 1.165) is 54.7 Å². The van der Waals surface area contributed by atoms with E-state index < -0.39 is 12.0 Å². The van der Waals surface area contributed by atoms with Gasteiger partial charge in [-0.15, -0.1) is 0 Å². The molecule has 2 aromatic carbocycles. The number of nitrogens with zero attached hydrogens (tertiary/aromatic N) is 2. The molecule has 0 aliphatic carbocycles. The highest BCUT2D eigenvalue weighted by Gasteiger charge is 2.30. The van der Waals surface area contributed by atoms with Crippen LogP contribution in [0, 0.1) is 5.41 Å². The van der Waals surface area contributed by atoms with Crippen molar-refractivity contribution in [3.8, 4) is 0 Å². The van der Waals surface area contributed by atoms with Crippen molar-refractivity contribution in [3.05, 3.63) is 59.2 Å². The second kappa shape index (κ2) is 9.42. The first-order chi connectivity index (χ1) is 15.4. The minimum atomic E-state index is -0.768. The summed E-state index contributed by atoms with van der Waals surface area (Å²) in [7, 11) is 0. The lowest BCUT2D eigenvalue weighted by molar-refractivity contribution is -0.139. The molecule has 0 bridgehead atoms. The molecule has 0 spiro atoms. The molecule has 2 aromatic rings. The summed E-state index contributed by atoms with van der Waals surface area (Å²) in [4.78, 5) is 28.6. The lowest BCUT2D eigenvalue weighted by atomic mass is 9.97. The number of nitrogens with one attached hydrogen (secondary N) is 1. The molecular formula is C25H30N4O3. The molecule has 7 nitrogen and oxygen atoms in total. The Labute approximate surface area is 188 Å². The molecule has 1 fully saturated rings. The number of hydrogen-bond donors (Lipinski definition) is 3. The van der Waals surface area contributed by atoms with Crippen LogP contribution in [0.2, 0.25) is 0 Å². The molecule has 4 N–H and O–H groups in total. The van der Waals surface area contributed by atoms with Gasteiger partial charge in [0.05, 0.1) is 0 Å². The zero-order valence-electron chi connectivity index (χ0n) is 18.2. The van der Waals surface area contributed by atoms with Crippen LogP contribution in [0.25, 0.3) is 0 Å². The number of nitrogens with two attached hydrogens (primary N) is 1. The molecule has 168 valence electrons. The topological polar surface area (TPSA) is 111 Å². The van der Waals surface area contributed by atoms with Crippen LogP contribution in [0.5, 0.6) is 0 Å². The molecule has 7 heteroatoms. The Hall–Kier alpha value is -3.35. The number of aliphatic carboxylic acids is 1. The van der Waals surface area contributed by atoms with E-state index in [1.54, 1.807) is 0 Å². The third-order valence-corrected chi connectivity index (χ3v) is 6.49. The predicted octanol–water partition coefficient (Wildman–Crippen LogP) is 3.33. The van der Waals surface area contributed by atoms with Crippen molar-refractivity contribution in [1.82, 2.24) is 0 Å². The predicted molar refractivity (Wildman–Crippen MR) is 126 cm³/mol. The van der Waals surface area contributed by atoms with Crippen LogP contribution < -0.4 is 15.5 Å². The van der Waals surface area contributed by atoms with Gasteiger partial charge in [-0.25, -0.2) is 4.79 Å². The Kier molecular flexibility index (Phi) is 6.44. The number of fused-ring (bicyclic) bond motifs is 1. The summed E-state index contributed by atoms with van der Waals surface area (Å²) in [5, 5.41) is 17.1. The van der Waals surface area contributed by atoms with Crippen LogP contribution in [0.15, 0.2) is 42.5 Å². The van der Waals surface area contributed by atoms with E-state index in [0.29, 0.717) is 31.4 Å². The average molecular weight is 435 g/mol. The fourth-order valence-electron chi connectivity index (χ4n) is 4.76. The number of carboxylic acids is 1. The van der Waals surface area contributed by atoms with Crippen LogP contribution in [0.1, 0.15) is 48.8 Å². The van der Waals surface area contributed by atoms with Crippen molar-refractivity contribution in [2.24, 2.45) is 5.73 Å². The fraction of sp³-hybridized carbons (Fsp3) is 0.400. The average Bonchev–Trinajstić information content (AvgIpc) is 2.82. The number of rotatable bonds is 6. The van der Waals surface area contributed by atoms with Gasteiger partial charge >= 0.3 is 5.97 Å². The Balaban J connectivity index is 1.46. The number of amidine groups is 1. The number of aryl methyl sites for hydroxylation is 2. The molecule has 0 saturated carbocycles. The van der Waals surface area contributed by atoms with Crippen LogP contribution in [-0.4, -0.2) is 41.9 Å². The smallest absolute Gasteiger partial charge is 0.326 e. The van der Waals surface area contributed by atoms with E-state index >= 15 is 0 Å². The minimum Gasteiger partial charge on any atom is -0.480 e. The molecular weight excluding hydrogens is 404 g/mol. The highest BCUT2D eigenvalue weighted by Crippen LogP contribution is 2.34. The molecule has 1 saturated heterocycles. The third kappa shape index (κ3) is 4.61. The fourth-order valence-corrected chi connectivity index (χ4v) is 4.76. The molecule has 1 amide bonds. The summed E-state index contributed by atoms with van der Waals surface area (Å²) >= 11 is 0. The van der Waals surface area contributed by atoms with Crippen LogP contribution in [-0.2, 0) is 22.4 Å². The first kappa shape index (κ1) is 21.9. The Morgan fingerprint density at radius 1 is 1.06 bits per heavy atom. The van der Waals surface area contributed by atoms with Gasteiger partial charge in [-0.3, -0.25) is 10.2 Å². The lowest BCUT2D eigenvalue weighted by Gasteiger charge is -2.36. The molecule has 0 aromatic heterocycles. The first-order valence-electron chi connectivity index (χ1n) is 11.3. The summed E-state index contributed by atoms with van der Waals surface area (Å²) in [6, 6.07) is 13.0. The van der Waals surface area contributed by atoms with Crippen molar-refractivity contribution < 1.29 is 14.7 Å². The third-order valence-electron chi connectivity index (χ3n) is 6.49. The number of benzene rings is 2. The summed E-state index contributed by atoms with van der Waals surface area (Å²) in [6.07, 6.45) is 5.45. The SMILES string of the molecule is N=C(N)c1ccc(CCC(=O)N2CCCc3cc(N4CCCCC4C(=O)O)ccc32)cc1. The lowest BCUT2D eigenvalue weighted by Crippen LogP contribution is -2.45. The van der Waals surface area contributed by atoms with Gasteiger partial charge in [-0.05, 0) is 67.9 Å². The maximum absolute atomic E-state index is 13.0. The normalized spacial score (nSPS) is 18.2. The maximum atomic E-state index is 13.0. The Bertz CT molecular complexity index is 1020. The van der Waals surface area contributed by atoms with E-state index in [4.69, 9.17) is 11.1 Å². The first-order valence-corrected chi connectivity index (χ1v) is 11.3. The number of hydrogen-bond acceptors (Lipinski definition) is 4. The number of piperidine rings is 1. The van der Waals surface area contributed by atoms with Crippen molar-refractivity contribution in [3.63, 3.8) is 0 Å². The summed E-state index contributed by atoms with van der Waals surface area (Å²) in [6.45, 7) is 1.46. The number of anilines is 2. The molecule has 1 unspecified atom stereocenters. The number of carbonyl (C=O) groups is 2. The Morgan fingerprint density at radius 3 is 2.56 bits per heavy atom. The van der Waals surface area contributed by atoms with Gasteiger partial charge in [-0.2, -0.15) is 0 Å². The van der Waals surface area contributed by atoms with E-state index in [1.165, 1.54) is 0 Å². The highest BCUT2D eigenvalue weighted by atomic mass is 16.4. The van der Waals surface area contributed by atoms with Crippen molar-refractivity contribution >= 4 is 29.1 Å². The molecule has 2 heterocycles. The van der Waals surface area contributed by atoms with Crippen LogP contribution in [0.3, 0.4) is 0 Å². The number of carboxylic acid groups (broad SMARTS) is 1. The molecule has 2 aliphatic rings. The summed E-state index contributed by atoms with van der Waals surface area (Å²) in [5.41, 5.74) is 10.2. The van der Waals surface area contributed by atoms with Gasteiger partial charge in [-0.1, -0.05) is 24.3 Å². The summed E-state index contributed by atoms with van der Waals surface area (Å²) < 4.78 is 0. The zero-order valence-corrected chi connectivity index (χ0v) is 18.2. The van der Waals surface area contributed by atoms with E-state index in [2.05, 4.69) is 6.07 Å². The van der Waals surface area contributed by atoms with E-state index in [-0.39, 0.29) is 11.7 Å². The van der Waals surface area contributed by atoms with Crippen molar-refractivity contribution in [2.45, 2.75) is 51.0 Å². The van der Waals surface area contributed by atoms with Gasteiger partial charge in [0.1, 0.15) is 11.9 Å². The van der Waals surface area contributed by atoms with Gasteiger partial charge in [0.25, 0.3) is 0 Å². The van der Waals surface area contributed by atoms with Gasteiger partial charge in [0, 0.05) is 36.4 Å². The molecule has 32 heavy (non-hydrogen) atoms. The van der Waals surface area contributed by atoms with Crippen molar-refractivity contribution in [1.29, 1.82) is 5.41 Å². The number of amides is 1. The quantitative estimate of drug-likeness (QED) is 0.477. The monoisotopic (exact) mass is 434 g/mol. The molecule has 4 rings (SSSR count). The van der Waals surface area contributed by atoms with E-state index in [1.807, 2.05) is 46.2 Å². The second-order valence-corrected chi connectivity index (χ2v) is 8.62. The van der Waals surface area contributed by atoms with Gasteiger partial charge < -0.3 is 20.6 Å². The van der Waals surface area contributed by atoms with Crippen LogP contribution in [0.4, 0.5) is 11.4 Å². The second-order valence-electron chi connectivity index (χ2n) is 8.62. The molecule has 2 aliphatic heterocycles. The van der Waals surface area contributed by atoms with Crippen LogP contribution >= 0.6 is 0 Å².